The van der Waals surface area contributed by atoms with Gasteiger partial charge in [-0.05, 0) is 68.2 Å². The van der Waals surface area contributed by atoms with Gasteiger partial charge in [-0.3, -0.25) is 0 Å². The lowest BCUT2D eigenvalue weighted by atomic mass is 9.98. The number of pyridine rings is 1. The molecule has 0 aliphatic rings. The Bertz CT molecular complexity index is 947. The van der Waals surface area contributed by atoms with Crippen molar-refractivity contribution in [3.05, 3.63) is 64.7 Å². The zero-order valence-corrected chi connectivity index (χ0v) is 19.1. The van der Waals surface area contributed by atoms with Crippen LogP contribution in [-0.2, 0) is 0 Å². The Labute approximate surface area is 185 Å². The van der Waals surface area contributed by atoms with Crippen molar-refractivity contribution in [2.45, 2.75) is 52.6 Å². The van der Waals surface area contributed by atoms with Gasteiger partial charge in [-0.2, -0.15) is 0 Å². The fraction of sp³-hybridized carbons (Fsp3) is 0.423. The molecule has 0 aliphatic carbocycles. The number of hydrogen-bond donors (Lipinski definition) is 1. The van der Waals surface area contributed by atoms with Gasteiger partial charge in [-0.1, -0.05) is 62.6 Å². The minimum absolute atomic E-state index is 0.557. The molecule has 1 heterocycles. The molecule has 0 saturated carbocycles. The highest BCUT2D eigenvalue weighted by molar-refractivity contribution is 6.30. The van der Waals surface area contributed by atoms with Gasteiger partial charge in [0.25, 0.3) is 0 Å². The van der Waals surface area contributed by atoms with E-state index in [0.717, 1.165) is 72.1 Å². The molecule has 4 heteroatoms. The number of aliphatic hydroxyl groups excluding tert-OH is 1. The lowest BCUT2D eigenvalue weighted by Crippen LogP contribution is -2.31. The fourth-order valence-corrected chi connectivity index (χ4v) is 3.94. The number of halogens is 1. The summed E-state index contributed by atoms with van der Waals surface area (Å²) in [7, 11) is 0. The summed E-state index contributed by atoms with van der Waals surface area (Å²) in [5, 5.41) is 13.0. The van der Waals surface area contributed by atoms with Crippen LogP contribution in [-0.4, -0.2) is 34.6 Å². The second kappa shape index (κ2) is 10.9. The number of fused-ring (bicyclic) bond motifs is 1. The summed E-state index contributed by atoms with van der Waals surface area (Å²) in [6, 6.07) is 16.0. The minimum atomic E-state index is -0.557. The first-order chi connectivity index (χ1) is 14.5. The molecule has 1 atom stereocenters. The molecule has 3 rings (SSSR count). The first kappa shape index (κ1) is 22.7. The molecular weight excluding hydrogens is 392 g/mol. The molecule has 0 spiro atoms. The second-order valence-corrected chi connectivity index (χ2v) is 8.58. The average molecular weight is 425 g/mol. The molecule has 30 heavy (non-hydrogen) atoms. The molecule has 3 nitrogen and oxygen atoms in total. The van der Waals surface area contributed by atoms with Gasteiger partial charge < -0.3 is 10.0 Å². The van der Waals surface area contributed by atoms with Crippen LogP contribution in [0.15, 0.2) is 48.5 Å². The SMILES string of the molecule is CCCCN(CCCC)C[C@H](O)c1cc(-c2ccc(Cl)cc2)nc2cc(C)ccc12. The summed E-state index contributed by atoms with van der Waals surface area (Å²) in [4.78, 5) is 7.29. The molecule has 0 radical (unpaired) electrons. The molecule has 0 amide bonds. The van der Waals surface area contributed by atoms with Gasteiger partial charge in [0, 0.05) is 22.5 Å². The van der Waals surface area contributed by atoms with Gasteiger partial charge in [-0.25, -0.2) is 4.98 Å². The molecule has 0 saturated heterocycles. The standard InChI is InChI=1S/C26H33ClN2O/c1-4-6-14-29(15-7-5-2)18-26(30)23-17-24(20-9-11-21(27)12-10-20)28-25-16-19(3)8-13-22(23)25/h8-13,16-17,26,30H,4-7,14-15,18H2,1-3H3/t26-/m0/s1. The molecule has 0 fully saturated rings. The van der Waals surface area contributed by atoms with Gasteiger partial charge in [0.2, 0.25) is 0 Å². The summed E-state index contributed by atoms with van der Waals surface area (Å²) >= 11 is 6.07. The maximum Gasteiger partial charge on any atom is 0.0924 e. The van der Waals surface area contributed by atoms with Crippen molar-refractivity contribution in [3.63, 3.8) is 0 Å². The number of nitrogens with zero attached hydrogens (tertiary/aromatic N) is 2. The van der Waals surface area contributed by atoms with Gasteiger partial charge in [0.05, 0.1) is 17.3 Å². The summed E-state index contributed by atoms with van der Waals surface area (Å²) in [6.45, 7) is 9.20. The van der Waals surface area contributed by atoms with Crippen LogP contribution in [0.5, 0.6) is 0 Å². The Kier molecular flexibility index (Phi) is 8.26. The van der Waals surface area contributed by atoms with Crippen molar-refractivity contribution in [1.29, 1.82) is 0 Å². The fourth-order valence-electron chi connectivity index (χ4n) is 3.81. The summed E-state index contributed by atoms with van der Waals surface area (Å²) < 4.78 is 0. The molecule has 0 aliphatic heterocycles. The Morgan fingerprint density at radius 3 is 2.27 bits per heavy atom. The van der Waals surface area contributed by atoms with Crippen molar-refractivity contribution in [2.24, 2.45) is 0 Å². The van der Waals surface area contributed by atoms with Crippen LogP contribution in [0, 0.1) is 6.92 Å². The largest absolute Gasteiger partial charge is 0.387 e. The van der Waals surface area contributed by atoms with E-state index in [2.05, 4.69) is 43.9 Å². The Morgan fingerprint density at radius 1 is 0.967 bits per heavy atom. The highest BCUT2D eigenvalue weighted by Crippen LogP contribution is 2.30. The van der Waals surface area contributed by atoms with E-state index in [1.807, 2.05) is 30.3 Å². The van der Waals surface area contributed by atoms with E-state index < -0.39 is 6.10 Å². The molecule has 0 unspecified atom stereocenters. The first-order valence-corrected chi connectivity index (χ1v) is 11.5. The highest BCUT2D eigenvalue weighted by Gasteiger charge is 2.18. The first-order valence-electron chi connectivity index (χ1n) is 11.1. The predicted molar refractivity (Wildman–Crippen MR) is 128 cm³/mol. The Balaban J connectivity index is 1.98. The minimum Gasteiger partial charge on any atom is -0.387 e. The molecule has 2 aromatic carbocycles. The van der Waals surface area contributed by atoms with E-state index >= 15 is 0 Å². The van der Waals surface area contributed by atoms with E-state index in [9.17, 15) is 5.11 Å². The number of hydrogen-bond acceptors (Lipinski definition) is 3. The highest BCUT2D eigenvalue weighted by atomic mass is 35.5. The van der Waals surface area contributed by atoms with E-state index in [-0.39, 0.29) is 0 Å². The van der Waals surface area contributed by atoms with Crippen molar-refractivity contribution in [1.82, 2.24) is 9.88 Å². The molecule has 3 aromatic rings. The quantitative estimate of drug-likeness (QED) is 0.388. The normalized spacial score (nSPS) is 12.6. The van der Waals surface area contributed by atoms with E-state index in [1.54, 1.807) is 0 Å². The molecular formula is C26H33ClN2O. The second-order valence-electron chi connectivity index (χ2n) is 8.15. The van der Waals surface area contributed by atoms with E-state index in [1.165, 1.54) is 0 Å². The van der Waals surface area contributed by atoms with Crippen molar-refractivity contribution in [3.8, 4) is 11.3 Å². The Hall–Kier alpha value is -1.94. The summed E-state index contributed by atoms with van der Waals surface area (Å²) in [5.41, 5.74) is 4.90. The maximum absolute atomic E-state index is 11.3. The number of aryl methyl sites for hydroxylation is 1. The zero-order valence-electron chi connectivity index (χ0n) is 18.4. The smallest absolute Gasteiger partial charge is 0.0924 e. The summed E-state index contributed by atoms with van der Waals surface area (Å²) in [5.74, 6) is 0. The maximum atomic E-state index is 11.3. The predicted octanol–water partition coefficient (Wildman–Crippen LogP) is 6.80. The number of rotatable bonds is 10. The number of aromatic nitrogens is 1. The van der Waals surface area contributed by atoms with Gasteiger partial charge >= 0.3 is 0 Å². The lowest BCUT2D eigenvalue weighted by molar-refractivity contribution is 0.112. The van der Waals surface area contributed by atoms with Gasteiger partial charge in [0.15, 0.2) is 0 Å². The average Bonchev–Trinajstić information content (AvgIpc) is 2.75. The van der Waals surface area contributed by atoms with Crippen LogP contribution in [0.4, 0.5) is 0 Å². The van der Waals surface area contributed by atoms with E-state index in [4.69, 9.17) is 16.6 Å². The summed E-state index contributed by atoms with van der Waals surface area (Å²) in [6.07, 6.45) is 4.08. The Morgan fingerprint density at radius 2 is 1.63 bits per heavy atom. The number of benzene rings is 2. The third-order valence-corrected chi connectivity index (χ3v) is 5.84. The van der Waals surface area contributed by atoms with Crippen molar-refractivity contribution in [2.75, 3.05) is 19.6 Å². The van der Waals surface area contributed by atoms with Crippen molar-refractivity contribution >= 4 is 22.5 Å². The molecule has 0 bridgehead atoms. The van der Waals surface area contributed by atoms with Crippen LogP contribution in [0.25, 0.3) is 22.2 Å². The van der Waals surface area contributed by atoms with Gasteiger partial charge in [-0.15, -0.1) is 0 Å². The topological polar surface area (TPSA) is 36.4 Å². The number of aliphatic hydroxyl groups is 1. The lowest BCUT2D eigenvalue weighted by Gasteiger charge is -2.26. The van der Waals surface area contributed by atoms with Crippen LogP contribution in [0.2, 0.25) is 5.02 Å². The zero-order chi connectivity index (χ0) is 21.5. The monoisotopic (exact) mass is 424 g/mol. The van der Waals surface area contributed by atoms with Crippen LogP contribution >= 0.6 is 11.6 Å². The third kappa shape index (κ3) is 5.81. The molecule has 1 aromatic heterocycles. The number of unbranched alkanes of at least 4 members (excludes halogenated alkanes) is 2. The van der Waals surface area contributed by atoms with Gasteiger partial charge in [0.1, 0.15) is 0 Å². The molecule has 160 valence electrons. The molecule has 1 N–H and O–H groups in total. The van der Waals surface area contributed by atoms with Crippen LogP contribution < -0.4 is 0 Å². The van der Waals surface area contributed by atoms with Crippen molar-refractivity contribution < 1.29 is 5.11 Å². The van der Waals surface area contributed by atoms with Crippen LogP contribution in [0.1, 0.15) is 56.8 Å². The van der Waals surface area contributed by atoms with E-state index in [0.29, 0.717) is 11.6 Å². The third-order valence-electron chi connectivity index (χ3n) is 5.58. The van der Waals surface area contributed by atoms with Crippen LogP contribution in [0.3, 0.4) is 0 Å².